The van der Waals surface area contributed by atoms with Crippen molar-refractivity contribution in [3.63, 3.8) is 0 Å². The molecule has 2 rings (SSSR count). The van der Waals surface area contributed by atoms with Crippen LogP contribution in [-0.4, -0.2) is 18.7 Å². The fraction of sp³-hybridized carbons (Fsp3) is 0.500. The van der Waals surface area contributed by atoms with Crippen LogP contribution in [-0.2, 0) is 0 Å². The third-order valence-electron chi connectivity index (χ3n) is 3.36. The van der Waals surface area contributed by atoms with Gasteiger partial charge in [0.15, 0.2) is 0 Å². The maximum atomic E-state index is 5.43. The molecule has 18 heavy (non-hydrogen) atoms. The van der Waals surface area contributed by atoms with Gasteiger partial charge in [-0.2, -0.15) is 0 Å². The zero-order chi connectivity index (χ0) is 12.8. The highest BCUT2D eigenvalue weighted by Gasteiger charge is 2.14. The van der Waals surface area contributed by atoms with Gasteiger partial charge in [-0.05, 0) is 44.4 Å². The van der Waals surface area contributed by atoms with Crippen LogP contribution in [0.5, 0.6) is 5.75 Å². The van der Waals surface area contributed by atoms with E-state index in [1.165, 1.54) is 24.8 Å². The lowest BCUT2D eigenvalue weighted by molar-refractivity contribution is 0.340. The number of benzene rings is 1. The van der Waals surface area contributed by atoms with Gasteiger partial charge >= 0.3 is 0 Å². The van der Waals surface area contributed by atoms with Gasteiger partial charge < -0.3 is 10.1 Å². The van der Waals surface area contributed by atoms with Gasteiger partial charge in [-0.3, -0.25) is 0 Å². The largest absolute Gasteiger partial charge is 0.494 e. The van der Waals surface area contributed by atoms with Crippen LogP contribution < -0.4 is 10.1 Å². The number of ether oxygens (including phenoxy) is 1. The van der Waals surface area contributed by atoms with Crippen molar-refractivity contribution in [2.75, 3.05) is 6.61 Å². The molecule has 1 aromatic carbocycles. The van der Waals surface area contributed by atoms with Crippen LogP contribution in [0, 0.1) is 0 Å². The lowest BCUT2D eigenvalue weighted by atomic mass is 9.99. The van der Waals surface area contributed by atoms with Crippen molar-refractivity contribution in [2.45, 2.75) is 45.2 Å². The molecule has 1 aromatic rings. The minimum atomic E-state index is 0.528. The Labute approximate surface area is 110 Å². The average Bonchev–Trinajstić information content (AvgIpc) is 2.38. The van der Waals surface area contributed by atoms with Crippen LogP contribution in [0.4, 0.5) is 0 Å². The van der Waals surface area contributed by atoms with Crippen LogP contribution >= 0.6 is 0 Å². The number of hydrogen-bond acceptors (Lipinski definition) is 2. The van der Waals surface area contributed by atoms with Gasteiger partial charge in [0.1, 0.15) is 5.75 Å². The van der Waals surface area contributed by atoms with Crippen molar-refractivity contribution in [1.82, 2.24) is 5.32 Å². The molecule has 1 fully saturated rings. The van der Waals surface area contributed by atoms with Crippen molar-refractivity contribution in [2.24, 2.45) is 0 Å². The highest BCUT2D eigenvalue weighted by atomic mass is 16.5. The van der Waals surface area contributed by atoms with Crippen LogP contribution in [0.1, 0.15) is 38.7 Å². The molecule has 0 aliphatic carbocycles. The van der Waals surface area contributed by atoms with E-state index in [-0.39, 0.29) is 0 Å². The summed E-state index contributed by atoms with van der Waals surface area (Å²) in [7, 11) is 0. The number of nitrogens with one attached hydrogen (secondary N) is 1. The van der Waals surface area contributed by atoms with Gasteiger partial charge in [0.25, 0.3) is 0 Å². The monoisotopic (exact) mass is 245 g/mol. The van der Waals surface area contributed by atoms with E-state index in [0.717, 1.165) is 12.4 Å². The van der Waals surface area contributed by atoms with Gasteiger partial charge in [0.05, 0.1) is 6.61 Å². The zero-order valence-electron chi connectivity index (χ0n) is 11.4. The molecular formula is C16H23NO. The molecule has 0 amide bonds. The predicted molar refractivity (Wildman–Crippen MR) is 76.9 cm³/mol. The number of hydrogen-bond donors (Lipinski definition) is 1. The minimum absolute atomic E-state index is 0.528. The van der Waals surface area contributed by atoms with Crippen LogP contribution in [0.3, 0.4) is 0 Å². The summed E-state index contributed by atoms with van der Waals surface area (Å²) in [5.74, 6) is 0.944. The molecule has 1 aliphatic rings. The summed E-state index contributed by atoms with van der Waals surface area (Å²) in [6.45, 7) is 4.99. The molecule has 1 saturated heterocycles. The Balaban J connectivity index is 1.91. The lowest BCUT2D eigenvalue weighted by Gasteiger charge is -2.26. The fourth-order valence-corrected chi connectivity index (χ4v) is 2.40. The standard InChI is InChI=1S/C16H23NO/c1-3-18-16-11-8-14(9-12-16)7-10-15-6-4-5-13(2)17-15/h7-13,15,17H,3-6H2,1-2H3/b10-7+. The molecule has 2 unspecified atom stereocenters. The van der Waals surface area contributed by atoms with E-state index in [1.807, 2.05) is 19.1 Å². The van der Waals surface area contributed by atoms with E-state index in [1.54, 1.807) is 0 Å². The molecule has 1 aliphatic heterocycles. The van der Waals surface area contributed by atoms with Crippen molar-refractivity contribution < 1.29 is 4.74 Å². The Morgan fingerprint density at radius 2 is 2.06 bits per heavy atom. The first-order chi connectivity index (χ1) is 8.78. The van der Waals surface area contributed by atoms with E-state index >= 15 is 0 Å². The fourth-order valence-electron chi connectivity index (χ4n) is 2.40. The lowest BCUT2D eigenvalue weighted by Crippen LogP contribution is -2.39. The summed E-state index contributed by atoms with van der Waals surface area (Å²) in [4.78, 5) is 0. The minimum Gasteiger partial charge on any atom is -0.494 e. The van der Waals surface area contributed by atoms with Gasteiger partial charge in [-0.1, -0.05) is 30.7 Å². The first-order valence-electron chi connectivity index (χ1n) is 6.95. The Hall–Kier alpha value is -1.28. The molecule has 1 N–H and O–H groups in total. The first kappa shape index (κ1) is 13.2. The number of rotatable bonds is 4. The van der Waals surface area contributed by atoms with Gasteiger partial charge in [0.2, 0.25) is 0 Å². The van der Waals surface area contributed by atoms with Crippen LogP contribution in [0.15, 0.2) is 30.3 Å². The second kappa shape index (κ2) is 6.60. The predicted octanol–water partition coefficient (Wildman–Crippen LogP) is 3.63. The summed E-state index contributed by atoms with van der Waals surface area (Å²) in [6.07, 6.45) is 8.36. The highest BCUT2D eigenvalue weighted by Crippen LogP contribution is 2.16. The summed E-state index contributed by atoms with van der Waals surface area (Å²) in [5, 5.41) is 3.61. The van der Waals surface area contributed by atoms with E-state index < -0.39 is 0 Å². The molecule has 0 saturated carbocycles. The average molecular weight is 245 g/mol. The highest BCUT2D eigenvalue weighted by molar-refractivity contribution is 5.51. The number of piperidine rings is 1. The van der Waals surface area contributed by atoms with Crippen molar-refractivity contribution in [3.05, 3.63) is 35.9 Å². The van der Waals surface area contributed by atoms with Crippen LogP contribution in [0.25, 0.3) is 6.08 Å². The first-order valence-corrected chi connectivity index (χ1v) is 6.95. The molecular weight excluding hydrogens is 222 g/mol. The van der Waals surface area contributed by atoms with Crippen molar-refractivity contribution in [3.8, 4) is 5.75 Å². The van der Waals surface area contributed by atoms with E-state index in [9.17, 15) is 0 Å². The maximum Gasteiger partial charge on any atom is 0.119 e. The molecule has 1 heterocycles. The molecule has 2 nitrogen and oxygen atoms in total. The molecule has 2 heteroatoms. The van der Waals surface area contributed by atoms with Crippen molar-refractivity contribution in [1.29, 1.82) is 0 Å². The topological polar surface area (TPSA) is 21.3 Å². The summed E-state index contributed by atoms with van der Waals surface area (Å²) >= 11 is 0. The quantitative estimate of drug-likeness (QED) is 0.874. The summed E-state index contributed by atoms with van der Waals surface area (Å²) in [5.41, 5.74) is 1.23. The second-order valence-electron chi connectivity index (χ2n) is 4.97. The third-order valence-corrected chi connectivity index (χ3v) is 3.36. The van der Waals surface area contributed by atoms with Gasteiger partial charge in [0, 0.05) is 12.1 Å². The second-order valence-corrected chi connectivity index (χ2v) is 4.97. The third kappa shape index (κ3) is 3.88. The summed E-state index contributed by atoms with van der Waals surface area (Å²) < 4.78 is 5.43. The van der Waals surface area contributed by atoms with Crippen LogP contribution in [0.2, 0.25) is 0 Å². The smallest absolute Gasteiger partial charge is 0.119 e. The molecule has 98 valence electrons. The molecule has 2 atom stereocenters. The van der Waals surface area contributed by atoms with E-state index in [2.05, 4.69) is 36.5 Å². The van der Waals surface area contributed by atoms with Gasteiger partial charge in [-0.25, -0.2) is 0 Å². The molecule has 0 radical (unpaired) electrons. The Morgan fingerprint density at radius 1 is 1.28 bits per heavy atom. The normalized spacial score (nSPS) is 24.3. The van der Waals surface area contributed by atoms with E-state index in [0.29, 0.717) is 12.1 Å². The maximum absolute atomic E-state index is 5.43. The Bertz CT molecular complexity index is 383. The van der Waals surface area contributed by atoms with Gasteiger partial charge in [-0.15, -0.1) is 0 Å². The zero-order valence-corrected chi connectivity index (χ0v) is 11.4. The van der Waals surface area contributed by atoms with E-state index in [4.69, 9.17) is 4.74 Å². The molecule has 0 spiro atoms. The SMILES string of the molecule is CCOc1ccc(/C=C/C2CCCC(C)N2)cc1. The molecule has 0 aromatic heterocycles. The van der Waals surface area contributed by atoms with Crippen molar-refractivity contribution >= 4 is 6.08 Å². The summed E-state index contributed by atoms with van der Waals surface area (Å²) in [6, 6.07) is 9.44. The Morgan fingerprint density at radius 3 is 2.72 bits per heavy atom. The Kier molecular flexibility index (Phi) is 4.82. The molecule has 0 bridgehead atoms.